The third kappa shape index (κ3) is 2.46. The molecule has 3 saturated carbocycles. The molecule has 116 valence electrons. The molecule has 0 saturated heterocycles. The summed E-state index contributed by atoms with van der Waals surface area (Å²) in [5, 5.41) is 2.78. The molecule has 0 unspecified atom stereocenters. The van der Waals surface area contributed by atoms with Crippen LogP contribution in [0.3, 0.4) is 0 Å². The Morgan fingerprint density at radius 1 is 0.864 bits per heavy atom. The summed E-state index contributed by atoms with van der Waals surface area (Å²) in [5.41, 5.74) is 1.60. The van der Waals surface area contributed by atoms with Crippen LogP contribution in [0.15, 0.2) is 42.5 Å². The molecule has 2 aromatic carbocycles. The molecule has 2 bridgehead atoms. The van der Waals surface area contributed by atoms with Gasteiger partial charge in [0.1, 0.15) is 0 Å². The van der Waals surface area contributed by atoms with Gasteiger partial charge in [-0.15, -0.1) is 0 Å². The first kappa shape index (κ1) is 14.3. The molecule has 3 aliphatic rings. The highest BCUT2D eigenvalue weighted by Gasteiger charge is 2.44. The summed E-state index contributed by atoms with van der Waals surface area (Å²) in [5.74, 6) is 3.49. The van der Waals surface area contributed by atoms with Crippen LogP contribution in [-0.4, -0.2) is 25.5 Å². The minimum Gasteiger partial charge on any atom is -0.309 e. The summed E-state index contributed by atoms with van der Waals surface area (Å²) in [6, 6.07) is 16.0. The molecule has 22 heavy (non-hydrogen) atoms. The van der Waals surface area contributed by atoms with E-state index in [-0.39, 0.29) is 0 Å². The Bertz CT molecular complexity index is 652. The van der Waals surface area contributed by atoms with E-state index in [1.54, 1.807) is 5.56 Å². The van der Waals surface area contributed by atoms with Crippen molar-refractivity contribution < 1.29 is 0 Å². The first-order chi connectivity index (χ1) is 10.7. The molecule has 0 aliphatic heterocycles. The molecular weight excluding hydrogens is 266 g/mol. The van der Waals surface area contributed by atoms with Gasteiger partial charge in [0, 0.05) is 6.54 Å². The molecule has 3 fully saturated rings. The number of nitrogens with zero attached hydrogens (tertiary/aromatic N) is 1. The number of hydrogen-bond acceptors (Lipinski definition) is 1. The maximum atomic E-state index is 2.48. The molecule has 1 nitrogen and oxygen atoms in total. The molecule has 0 amide bonds. The normalized spacial score (nSPS) is 31.0. The van der Waals surface area contributed by atoms with E-state index in [9.17, 15) is 0 Å². The van der Waals surface area contributed by atoms with Crippen molar-refractivity contribution in [3.05, 3.63) is 48.0 Å². The van der Waals surface area contributed by atoms with E-state index >= 15 is 0 Å². The minimum absolute atomic E-state index is 0.777. The van der Waals surface area contributed by atoms with Crippen LogP contribution in [-0.2, 0) is 0 Å². The van der Waals surface area contributed by atoms with Gasteiger partial charge >= 0.3 is 0 Å². The fraction of sp³-hybridized carbons (Fsp3) is 0.524. The van der Waals surface area contributed by atoms with Crippen molar-refractivity contribution in [2.75, 3.05) is 20.6 Å². The molecule has 2 atom stereocenters. The first-order valence-electron chi connectivity index (χ1n) is 8.86. The van der Waals surface area contributed by atoms with Crippen LogP contribution in [0.1, 0.15) is 37.2 Å². The van der Waals surface area contributed by atoms with Crippen molar-refractivity contribution in [3.63, 3.8) is 0 Å². The maximum Gasteiger partial charge on any atom is 0.00122 e. The zero-order valence-electron chi connectivity index (χ0n) is 13.8. The molecule has 1 heteroatoms. The maximum absolute atomic E-state index is 2.48. The predicted molar refractivity (Wildman–Crippen MR) is 94.2 cm³/mol. The van der Waals surface area contributed by atoms with Gasteiger partial charge in [0.15, 0.2) is 0 Å². The topological polar surface area (TPSA) is 3.24 Å². The van der Waals surface area contributed by atoms with Crippen molar-refractivity contribution in [1.29, 1.82) is 0 Å². The average Bonchev–Trinajstić information content (AvgIpc) is 2.55. The average molecular weight is 293 g/mol. The van der Waals surface area contributed by atoms with Crippen molar-refractivity contribution >= 4 is 10.8 Å². The van der Waals surface area contributed by atoms with Crippen LogP contribution in [0.2, 0.25) is 0 Å². The highest BCUT2D eigenvalue weighted by atomic mass is 15.1. The summed E-state index contributed by atoms with van der Waals surface area (Å²) >= 11 is 0. The number of benzene rings is 2. The van der Waals surface area contributed by atoms with Gasteiger partial charge in [-0.1, -0.05) is 42.5 Å². The third-order valence-corrected chi connectivity index (χ3v) is 6.13. The molecular formula is C21H27N. The number of hydrogen-bond donors (Lipinski definition) is 0. The lowest BCUT2D eigenvalue weighted by Gasteiger charge is -2.50. The van der Waals surface area contributed by atoms with Crippen LogP contribution >= 0.6 is 0 Å². The molecule has 0 spiro atoms. The summed E-state index contributed by atoms with van der Waals surface area (Å²) in [6.45, 7) is 1.25. The monoisotopic (exact) mass is 293 g/mol. The van der Waals surface area contributed by atoms with Gasteiger partial charge in [-0.2, -0.15) is 0 Å². The molecule has 3 aliphatic carbocycles. The smallest absolute Gasteiger partial charge is 0.00122 e. The quantitative estimate of drug-likeness (QED) is 0.776. The molecule has 0 aromatic heterocycles. The minimum atomic E-state index is 0.777. The zero-order valence-corrected chi connectivity index (χ0v) is 13.8. The van der Waals surface area contributed by atoms with E-state index in [2.05, 4.69) is 61.5 Å². The van der Waals surface area contributed by atoms with E-state index in [0.717, 1.165) is 23.7 Å². The van der Waals surface area contributed by atoms with Gasteiger partial charge in [-0.3, -0.25) is 0 Å². The first-order valence-corrected chi connectivity index (χ1v) is 8.86. The third-order valence-electron chi connectivity index (χ3n) is 6.13. The Labute approximate surface area is 134 Å². The Balaban J connectivity index is 1.73. The van der Waals surface area contributed by atoms with Crippen molar-refractivity contribution in [2.45, 2.75) is 31.6 Å². The van der Waals surface area contributed by atoms with Crippen molar-refractivity contribution in [1.82, 2.24) is 4.90 Å². The summed E-state index contributed by atoms with van der Waals surface area (Å²) in [6.07, 6.45) is 5.83. The standard InChI is InChI=1S/C21H27N/c1-22(2)14-20-16-8-10-17(11-9-16)21(20)19-12-7-15-5-3-4-6-18(15)13-19/h3-7,12-13,16-17,20-21H,8-11,14H2,1-2H3/t16?,17?,20-,21-/m1/s1. The lowest BCUT2D eigenvalue weighted by Crippen LogP contribution is -2.43. The predicted octanol–water partition coefficient (Wildman–Crippen LogP) is 4.92. The summed E-state index contributed by atoms with van der Waals surface area (Å²) in [4.78, 5) is 2.40. The molecule has 0 heterocycles. The van der Waals surface area contributed by atoms with Gasteiger partial charge in [-0.05, 0) is 79.8 Å². The number of rotatable bonds is 3. The highest BCUT2D eigenvalue weighted by molar-refractivity contribution is 5.83. The van der Waals surface area contributed by atoms with Gasteiger partial charge < -0.3 is 4.90 Å². The van der Waals surface area contributed by atoms with Crippen LogP contribution in [0.4, 0.5) is 0 Å². The Kier molecular flexibility index (Phi) is 3.69. The lowest BCUT2D eigenvalue weighted by atomic mass is 9.56. The fourth-order valence-corrected chi connectivity index (χ4v) is 5.19. The highest BCUT2D eigenvalue weighted by Crippen LogP contribution is 2.53. The van der Waals surface area contributed by atoms with Crippen molar-refractivity contribution in [3.8, 4) is 0 Å². The SMILES string of the molecule is CN(C)C[C@@H]1C2CCC(CC2)[C@@H]1c1ccc2ccccc2c1. The Morgan fingerprint density at radius 3 is 2.27 bits per heavy atom. The van der Waals surface area contributed by atoms with E-state index in [1.165, 1.54) is 43.0 Å². The van der Waals surface area contributed by atoms with E-state index in [0.29, 0.717) is 0 Å². The summed E-state index contributed by atoms with van der Waals surface area (Å²) in [7, 11) is 4.47. The molecule has 2 aromatic rings. The molecule has 0 N–H and O–H groups in total. The van der Waals surface area contributed by atoms with Crippen LogP contribution in [0.25, 0.3) is 10.8 Å². The Hall–Kier alpha value is -1.34. The van der Waals surface area contributed by atoms with E-state index in [1.807, 2.05) is 0 Å². The second-order valence-corrected chi connectivity index (χ2v) is 7.73. The summed E-state index contributed by atoms with van der Waals surface area (Å²) < 4.78 is 0. The fourth-order valence-electron chi connectivity index (χ4n) is 5.19. The Morgan fingerprint density at radius 2 is 1.55 bits per heavy atom. The van der Waals surface area contributed by atoms with E-state index < -0.39 is 0 Å². The second-order valence-electron chi connectivity index (χ2n) is 7.73. The van der Waals surface area contributed by atoms with Gasteiger partial charge in [-0.25, -0.2) is 0 Å². The van der Waals surface area contributed by atoms with Gasteiger partial charge in [0.2, 0.25) is 0 Å². The van der Waals surface area contributed by atoms with Crippen LogP contribution in [0, 0.1) is 17.8 Å². The van der Waals surface area contributed by atoms with Crippen molar-refractivity contribution in [2.24, 2.45) is 17.8 Å². The van der Waals surface area contributed by atoms with E-state index in [4.69, 9.17) is 0 Å². The second kappa shape index (κ2) is 5.70. The van der Waals surface area contributed by atoms with Crippen LogP contribution < -0.4 is 0 Å². The van der Waals surface area contributed by atoms with Gasteiger partial charge in [0.05, 0.1) is 0 Å². The zero-order chi connectivity index (χ0) is 15.1. The molecule has 5 rings (SSSR count). The van der Waals surface area contributed by atoms with Gasteiger partial charge in [0.25, 0.3) is 0 Å². The van der Waals surface area contributed by atoms with Crippen LogP contribution in [0.5, 0.6) is 0 Å². The largest absolute Gasteiger partial charge is 0.309 e. The number of fused-ring (bicyclic) bond motifs is 4. The lowest BCUT2D eigenvalue weighted by molar-refractivity contribution is 0.0507. The molecule has 0 radical (unpaired) electrons.